The van der Waals surface area contributed by atoms with Gasteiger partial charge in [-0.1, -0.05) is 0 Å². The van der Waals surface area contributed by atoms with Crippen molar-refractivity contribution in [1.29, 1.82) is 0 Å². The van der Waals surface area contributed by atoms with Gasteiger partial charge in [-0.2, -0.15) is 10.2 Å². The van der Waals surface area contributed by atoms with E-state index in [4.69, 9.17) is 0 Å². The highest BCUT2D eigenvalue weighted by molar-refractivity contribution is 5.89. The molecule has 0 aliphatic carbocycles. The summed E-state index contributed by atoms with van der Waals surface area (Å²) in [5.74, 6) is 0.837. The van der Waals surface area contributed by atoms with Crippen molar-refractivity contribution in [2.75, 3.05) is 5.43 Å². The molecule has 0 saturated carbocycles. The van der Waals surface area contributed by atoms with E-state index in [0.29, 0.717) is 5.82 Å². The molecule has 2 heterocycles. The summed E-state index contributed by atoms with van der Waals surface area (Å²) in [6.07, 6.45) is 3.13. The van der Waals surface area contributed by atoms with Gasteiger partial charge >= 0.3 is 0 Å². The SMILES string of the molecule is Cc1nn(C)c2ncnc(N/N=C/c3ccc(O)cc3)c12. The Hall–Kier alpha value is -2.96. The van der Waals surface area contributed by atoms with Crippen molar-refractivity contribution in [2.45, 2.75) is 6.92 Å². The molecule has 1 aromatic carbocycles. The second kappa shape index (κ2) is 5.20. The summed E-state index contributed by atoms with van der Waals surface area (Å²) in [6.45, 7) is 1.90. The Balaban J connectivity index is 1.87. The van der Waals surface area contributed by atoms with Crippen LogP contribution in [0, 0.1) is 6.92 Å². The quantitative estimate of drug-likeness (QED) is 0.565. The predicted molar refractivity (Wildman–Crippen MR) is 80.4 cm³/mol. The van der Waals surface area contributed by atoms with Crippen LogP contribution in [-0.2, 0) is 7.05 Å². The van der Waals surface area contributed by atoms with Crippen LogP contribution in [-0.4, -0.2) is 31.1 Å². The molecule has 0 fully saturated rings. The van der Waals surface area contributed by atoms with E-state index >= 15 is 0 Å². The van der Waals surface area contributed by atoms with E-state index in [-0.39, 0.29) is 5.75 Å². The largest absolute Gasteiger partial charge is 0.508 e. The molecule has 0 unspecified atom stereocenters. The highest BCUT2D eigenvalue weighted by Crippen LogP contribution is 2.21. The summed E-state index contributed by atoms with van der Waals surface area (Å²) >= 11 is 0. The summed E-state index contributed by atoms with van der Waals surface area (Å²) < 4.78 is 1.71. The molecule has 3 rings (SSSR count). The molecule has 2 N–H and O–H groups in total. The number of hydrogen-bond donors (Lipinski definition) is 2. The van der Waals surface area contributed by atoms with Gasteiger partial charge in [0.15, 0.2) is 11.5 Å². The smallest absolute Gasteiger partial charge is 0.163 e. The molecular weight excluding hydrogens is 268 g/mol. The van der Waals surface area contributed by atoms with E-state index in [1.165, 1.54) is 6.33 Å². The van der Waals surface area contributed by atoms with E-state index < -0.39 is 0 Å². The third-order valence-corrected chi connectivity index (χ3v) is 3.07. The van der Waals surface area contributed by atoms with Gasteiger partial charge < -0.3 is 5.11 Å². The van der Waals surface area contributed by atoms with Crippen molar-refractivity contribution in [1.82, 2.24) is 19.7 Å². The number of aryl methyl sites for hydroxylation is 2. The fraction of sp³-hybridized carbons (Fsp3) is 0.143. The van der Waals surface area contributed by atoms with Gasteiger partial charge in [0, 0.05) is 7.05 Å². The summed E-state index contributed by atoms with van der Waals surface area (Å²) in [5.41, 5.74) is 5.37. The van der Waals surface area contributed by atoms with Crippen molar-refractivity contribution in [2.24, 2.45) is 12.1 Å². The zero-order chi connectivity index (χ0) is 14.8. The van der Waals surface area contributed by atoms with Crippen molar-refractivity contribution < 1.29 is 5.11 Å². The first-order valence-corrected chi connectivity index (χ1v) is 6.37. The highest BCUT2D eigenvalue weighted by Gasteiger charge is 2.11. The number of aromatic hydroxyl groups is 1. The van der Waals surface area contributed by atoms with Gasteiger partial charge in [0.05, 0.1) is 17.3 Å². The minimum absolute atomic E-state index is 0.226. The molecule has 0 aliphatic heterocycles. The molecule has 3 aromatic rings. The molecule has 0 saturated heterocycles. The number of rotatable bonds is 3. The first kappa shape index (κ1) is 13.0. The monoisotopic (exact) mass is 282 g/mol. The number of hydrazone groups is 1. The standard InChI is InChI=1S/C14H14N6O/c1-9-12-13(15-8-16-14(12)20(2)19-9)18-17-7-10-3-5-11(21)6-4-10/h3-8,21H,1-2H3,(H,15,16,18)/b17-7+. The lowest BCUT2D eigenvalue weighted by Gasteiger charge is -2.01. The lowest BCUT2D eigenvalue weighted by atomic mass is 10.2. The second-order valence-corrected chi connectivity index (χ2v) is 4.59. The van der Waals surface area contributed by atoms with Crippen molar-refractivity contribution in [3.63, 3.8) is 0 Å². The van der Waals surface area contributed by atoms with Crippen LogP contribution in [0.3, 0.4) is 0 Å². The summed E-state index contributed by atoms with van der Waals surface area (Å²) in [7, 11) is 1.84. The summed E-state index contributed by atoms with van der Waals surface area (Å²) in [5, 5.41) is 18.6. The number of phenolic OH excluding ortho intramolecular Hbond substituents is 1. The molecule has 7 nitrogen and oxygen atoms in total. The molecule has 0 aliphatic rings. The van der Waals surface area contributed by atoms with Crippen LogP contribution in [0.5, 0.6) is 5.75 Å². The summed E-state index contributed by atoms with van der Waals surface area (Å²) in [4.78, 5) is 8.40. The van der Waals surface area contributed by atoms with Crippen molar-refractivity contribution >= 4 is 23.1 Å². The molecule has 0 atom stereocenters. The average Bonchev–Trinajstić information content (AvgIpc) is 2.77. The van der Waals surface area contributed by atoms with Crippen molar-refractivity contribution in [3.8, 4) is 5.75 Å². The Morgan fingerprint density at radius 2 is 2.00 bits per heavy atom. The molecule has 21 heavy (non-hydrogen) atoms. The zero-order valence-corrected chi connectivity index (χ0v) is 11.6. The maximum Gasteiger partial charge on any atom is 0.163 e. The third-order valence-electron chi connectivity index (χ3n) is 3.07. The van der Waals surface area contributed by atoms with Crippen LogP contribution >= 0.6 is 0 Å². The van der Waals surface area contributed by atoms with E-state index in [0.717, 1.165) is 22.3 Å². The predicted octanol–water partition coefficient (Wildman–Crippen LogP) is 1.82. The van der Waals surface area contributed by atoms with Crippen LogP contribution in [0.2, 0.25) is 0 Å². The number of aromatic nitrogens is 4. The fourth-order valence-electron chi connectivity index (χ4n) is 2.09. The number of phenols is 1. The number of nitrogens with one attached hydrogen (secondary N) is 1. The molecule has 0 bridgehead atoms. The Labute approximate surface area is 121 Å². The Kier molecular flexibility index (Phi) is 3.23. The molecule has 106 valence electrons. The molecule has 2 aromatic heterocycles. The van der Waals surface area contributed by atoms with Gasteiger partial charge in [0.2, 0.25) is 0 Å². The van der Waals surface area contributed by atoms with Gasteiger partial charge in [-0.15, -0.1) is 0 Å². The van der Waals surface area contributed by atoms with Gasteiger partial charge in [-0.25, -0.2) is 9.97 Å². The number of hydrogen-bond acceptors (Lipinski definition) is 6. The average molecular weight is 282 g/mol. The van der Waals surface area contributed by atoms with Crippen LogP contribution < -0.4 is 5.43 Å². The molecule has 7 heteroatoms. The number of anilines is 1. The van der Waals surface area contributed by atoms with Gasteiger partial charge in [0.1, 0.15) is 12.1 Å². The van der Waals surface area contributed by atoms with E-state index in [9.17, 15) is 5.11 Å². The van der Waals surface area contributed by atoms with Crippen molar-refractivity contribution in [3.05, 3.63) is 41.9 Å². The zero-order valence-electron chi connectivity index (χ0n) is 11.6. The molecule has 0 spiro atoms. The van der Waals surface area contributed by atoms with Gasteiger partial charge in [-0.3, -0.25) is 10.1 Å². The fourth-order valence-corrected chi connectivity index (χ4v) is 2.09. The Bertz CT molecular complexity index is 806. The maximum absolute atomic E-state index is 9.22. The maximum atomic E-state index is 9.22. The minimum atomic E-state index is 0.226. The van der Waals surface area contributed by atoms with E-state index in [1.807, 2.05) is 14.0 Å². The number of nitrogens with zero attached hydrogens (tertiary/aromatic N) is 5. The summed E-state index contributed by atoms with van der Waals surface area (Å²) in [6, 6.07) is 6.75. The Morgan fingerprint density at radius 3 is 2.76 bits per heavy atom. The molecule has 0 amide bonds. The lowest BCUT2D eigenvalue weighted by molar-refractivity contribution is 0.475. The molecule has 0 radical (unpaired) electrons. The normalized spacial score (nSPS) is 11.3. The first-order chi connectivity index (χ1) is 10.1. The van der Waals surface area contributed by atoms with Crippen LogP contribution in [0.15, 0.2) is 35.7 Å². The Morgan fingerprint density at radius 1 is 1.24 bits per heavy atom. The third kappa shape index (κ3) is 2.53. The van der Waals surface area contributed by atoms with Gasteiger partial charge in [0.25, 0.3) is 0 Å². The lowest BCUT2D eigenvalue weighted by Crippen LogP contribution is -1.97. The highest BCUT2D eigenvalue weighted by atomic mass is 16.3. The van der Waals surface area contributed by atoms with Crippen LogP contribution in [0.25, 0.3) is 11.0 Å². The van der Waals surface area contributed by atoms with Crippen LogP contribution in [0.1, 0.15) is 11.3 Å². The minimum Gasteiger partial charge on any atom is -0.508 e. The van der Waals surface area contributed by atoms with E-state index in [1.54, 1.807) is 35.2 Å². The van der Waals surface area contributed by atoms with E-state index in [2.05, 4.69) is 25.6 Å². The first-order valence-electron chi connectivity index (χ1n) is 6.37. The van der Waals surface area contributed by atoms with Gasteiger partial charge in [-0.05, 0) is 36.8 Å². The number of benzene rings is 1. The van der Waals surface area contributed by atoms with Crippen LogP contribution in [0.4, 0.5) is 5.82 Å². The number of fused-ring (bicyclic) bond motifs is 1. The molecular formula is C14H14N6O. The second-order valence-electron chi connectivity index (χ2n) is 4.59. The topological polar surface area (TPSA) is 88.2 Å².